The van der Waals surface area contributed by atoms with Crippen LogP contribution in [0.4, 0.5) is 13.2 Å². The third-order valence-corrected chi connectivity index (χ3v) is 3.67. The van der Waals surface area contributed by atoms with E-state index < -0.39 is 18.3 Å². The summed E-state index contributed by atoms with van der Waals surface area (Å²) in [5, 5.41) is 4.31. The zero-order chi connectivity index (χ0) is 17.2. The first-order chi connectivity index (χ1) is 10.7. The van der Waals surface area contributed by atoms with Crippen molar-refractivity contribution in [2.75, 3.05) is 6.54 Å². The van der Waals surface area contributed by atoms with E-state index in [1.165, 1.54) is 6.20 Å². The molecule has 1 aromatic carbocycles. The molecule has 0 radical (unpaired) electrons. The average molecular weight is 326 g/mol. The molecule has 126 valence electrons. The fraction of sp³-hybridized carbons (Fsp3) is 0.471. The molecule has 1 heterocycles. The molecule has 0 aliphatic carbocycles. The molecule has 1 N–H and O–H groups in total. The number of hydrogen-bond donors (Lipinski definition) is 1. The number of hydrogen-bond acceptors (Lipinski definition) is 2. The lowest BCUT2D eigenvalue weighted by Crippen LogP contribution is -2.30. The molecule has 1 aromatic heterocycles. The summed E-state index contributed by atoms with van der Waals surface area (Å²) in [6.07, 6.45) is -3.10. The molecule has 2 rings (SSSR count). The summed E-state index contributed by atoms with van der Waals surface area (Å²) in [6.45, 7) is 5.48. The first kappa shape index (κ1) is 17.5. The smallest absolute Gasteiger partial charge is 0.310 e. The fourth-order valence-electron chi connectivity index (χ4n) is 2.55. The van der Waals surface area contributed by atoms with E-state index in [4.69, 9.17) is 0 Å². The van der Waals surface area contributed by atoms with Crippen molar-refractivity contribution in [1.82, 2.24) is 9.88 Å². The standard InChI is InChI=1S/C17H21F3N2O/c1-11(2)8-21-12(3)15-9-22(10-17(18,19)20)16(23)14-7-5-4-6-13(14)15/h4-7,9,11-12,21H,8,10H2,1-3H3/t12-/m1/s1. The maximum absolute atomic E-state index is 12.7. The zero-order valence-corrected chi connectivity index (χ0v) is 13.4. The lowest BCUT2D eigenvalue weighted by Gasteiger charge is -2.20. The average Bonchev–Trinajstić information content (AvgIpc) is 2.46. The van der Waals surface area contributed by atoms with Gasteiger partial charge in [0.1, 0.15) is 6.54 Å². The summed E-state index contributed by atoms with van der Waals surface area (Å²) in [5.74, 6) is 0.421. The van der Waals surface area contributed by atoms with Gasteiger partial charge in [-0.1, -0.05) is 32.0 Å². The van der Waals surface area contributed by atoms with Gasteiger partial charge in [-0.15, -0.1) is 0 Å². The van der Waals surface area contributed by atoms with Crippen LogP contribution >= 0.6 is 0 Å². The van der Waals surface area contributed by atoms with Crippen molar-refractivity contribution in [1.29, 1.82) is 0 Å². The Morgan fingerprint density at radius 1 is 1.13 bits per heavy atom. The Hall–Kier alpha value is -1.82. The Labute approximate surface area is 133 Å². The van der Waals surface area contributed by atoms with E-state index in [0.29, 0.717) is 22.3 Å². The summed E-state index contributed by atoms with van der Waals surface area (Å²) in [4.78, 5) is 12.3. The Morgan fingerprint density at radius 3 is 2.30 bits per heavy atom. The van der Waals surface area contributed by atoms with Crippen LogP contribution in [0.1, 0.15) is 32.4 Å². The summed E-state index contributed by atoms with van der Waals surface area (Å²) >= 11 is 0. The van der Waals surface area contributed by atoms with Crippen molar-refractivity contribution in [2.45, 2.75) is 39.5 Å². The van der Waals surface area contributed by atoms with Crippen molar-refractivity contribution in [3.63, 3.8) is 0 Å². The number of benzene rings is 1. The largest absolute Gasteiger partial charge is 0.406 e. The third-order valence-electron chi connectivity index (χ3n) is 3.67. The first-order valence-electron chi connectivity index (χ1n) is 7.61. The highest BCUT2D eigenvalue weighted by atomic mass is 19.4. The van der Waals surface area contributed by atoms with Gasteiger partial charge in [0, 0.05) is 17.6 Å². The van der Waals surface area contributed by atoms with Gasteiger partial charge in [-0.2, -0.15) is 13.2 Å². The highest BCUT2D eigenvalue weighted by Crippen LogP contribution is 2.24. The van der Waals surface area contributed by atoms with Crippen molar-refractivity contribution in [3.05, 3.63) is 46.4 Å². The summed E-state index contributed by atoms with van der Waals surface area (Å²) in [7, 11) is 0. The molecule has 6 heteroatoms. The number of nitrogens with zero attached hydrogens (tertiary/aromatic N) is 1. The van der Waals surface area contributed by atoms with Gasteiger partial charge in [0.25, 0.3) is 5.56 Å². The van der Waals surface area contributed by atoms with Gasteiger partial charge in [-0.3, -0.25) is 4.79 Å². The lowest BCUT2D eigenvalue weighted by molar-refractivity contribution is -0.141. The number of nitrogens with one attached hydrogen (secondary N) is 1. The van der Waals surface area contributed by atoms with E-state index in [-0.39, 0.29) is 6.04 Å². The molecule has 0 spiro atoms. The van der Waals surface area contributed by atoms with Crippen LogP contribution in [-0.4, -0.2) is 17.3 Å². The van der Waals surface area contributed by atoms with E-state index in [1.54, 1.807) is 24.3 Å². The van der Waals surface area contributed by atoms with Gasteiger partial charge in [0.15, 0.2) is 0 Å². The second-order valence-corrected chi connectivity index (χ2v) is 6.20. The van der Waals surface area contributed by atoms with Crippen LogP contribution < -0.4 is 10.9 Å². The minimum Gasteiger partial charge on any atom is -0.310 e. The summed E-state index contributed by atoms with van der Waals surface area (Å²) < 4.78 is 39.0. The molecule has 0 amide bonds. The van der Waals surface area contributed by atoms with Crippen LogP contribution in [-0.2, 0) is 6.54 Å². The number of rotatable bonds is 5. The zero-order valence-electron chi connectivity index (χ0n) is 13.4. The van der Waals surface area contributed by atoms with Gasteiger partial charge >= 0.3 is 6.18 Å². The molecule has 2 aromatic rings. The first-order valence-corrected chi connectivity index (χ1v) is 7.61. The van der Waals surface area contributed by atoms with Crippen molar-refractivity contribution in [3.8, 4) is 0 Å². The van der Waals surface area contributed by atoms with Crippen LogP contribution in [0.15, 0.2) is 35.3 Å². The van der Waals surface area contributed by atoms with Crippen LogP contribution in [0.25, 0.3) is 10.8 Å². The second kappa shape index (κ2) is 6.74. The van der Waals surface area contributed by atoms with E-state index >= 15 is 0 Å². The highest BCUT2D eigenvalue weighted by molar-refractivity contribution is 5.85. The van der Waals surface area contributed by atoms with E-state index in [9.17, 15) is 18.0 Å². The van der Waals surface area contributed by atoms with Gasteiger partial charge < -0.3 is 9.88 Å². The third kappa shape index (κ3) is 4.34. The van der Waals surface area contributed by atoms with Gasteiger partial charge in [-0.05, 0) is 36.4 Å². The molecular weight excluding hydrogens is 305 g/mol. The molecule has 0 saturated heterocycles. The van der Waals surface area contributed by atoms with Crippen LogP contribution in [0, 0.1) is 5.92 Å². The molecule has 23 heavy (non-hydrogen) atoms. The molecule has 0 saturated carbocycles. The van der Waals surface area contributed by atoms with E-state index in [2.05, 4.69) is 19.2 Å². The maximum atomic E-state index is 12.7. The fourth-order valence-corrected chi connectivity index (χ4v) is 2.55. The molecular formula is C17H21F3N2O. The van der Waals surface area contributed by atoms with Crippen LogP contribution in [0.2, 0.25) is 0 Å². The monoisotopic (exact) mass is 326 g/mol. The lowest BCUT2D eigenvalue weighted by atomic mass is 10.0. The minimum atomic E-state index is -4.43. The van der Waals surface area contributed by atoms with Crippen molar-refractivity contribution < 1.29 is 13.2 Å². The number of aromatic nitrogens is 1. The van der Waals surface area contributed by atoms with Gasteiger partial charge in [-0.25, -0.2) is 0 Å². The van der Waals surface area contributed by atoms with Crippen molar-refractivity contribution in [2.24, 2.45) is 5.92 Å². The molecule has 0 fully saturated rings. The molecule has 1 atom stereocenters. The highest BCUT2D eigenvalue weighted by Gasteiger charge is 2.29. The topological polar surface area (TPSA) is 34.0 Å². The second-order valence-electron chi connectivity index (χ2n) is 6.20. The summed E-state index contributed by atoms with van der Waals surface area (Å²) in [5.41, 5.74) is 0.0860. The maximum Gasteiger partial charge on any atom is 0.406 e. The Morgan fingerprint density at radius 2 is 1.74 bits per heavy atom. The van der Waals surface area contributed by atoms with Crippen LogP contribution in [0.3, 0.4) is 0 Å². The number of fused-ring (bicyclic) bond motifs is 1. The van der Waals surface area contributed by atoms with Crippen LogP contribution in [0.5, 0.6) is 0 Å². The number of alkyl halides is 3. The molecule has 3 nitrogen and oxygen atoms in total. The Bertz CT molecular complexity index is 735. The molecule has 0 bridgehead atoms. The Kier molecular flexibility index (Phi) is 5.14. The number of halogens is 3. The predicted molar refractivity (Wildman–Crippen MR) is 85.5 cm³/mol. The Balaban J connectivity index is 2.54. The van der Waals surface area contributed by atoms with E-state index in [0.717, 1.165) is 11.1 Å². The van der Waals surface area contributed by atoms with E-state index in [1.807, 2.05) is 6.92 Å². The predicted octanol–water partition coefficient (Wildman–Crippen LogP) is 3.87. The van der Waals surface area contributed by atoms with Gasteiger partial charge in [0.05, 0.1) is 0 Å². The molecule has 0 aliphatic rings. The molecule has 0 unspecified atom stereocenters. The normalized spacial score (nSPS) is 13.7. The SMILES string of the molecule is CC(C)CN[C@H](C)c1cn(CC(F)(F)F)c(=O)c2ccccc12. The van der Waals surface area contributed by atoms with Gasteiger partial charge in [0.2, 0.25) is 0 Å². The minimum absolute atomic E-state index is 0.151. The number of pyridine rings is 1. The molecule has 0 aliphatic heterocycles. The summed E-state index contributed by atoms with van der Waals surface area (Å²) in [6, 6.07) is 6.65. The van der Waals surface area contributed by atoms with Crippen molar-refractivity contribution >= 4 is 10.8 Å². The quantitative estimate of drug-likeness (QED) is 0.905.